The third kappa shape index (κ3) is 3.98. The Kier molecular flexibility index (Phi) is 6.26. The fourth-order valence-electron chi connectivity index (χ4n) is 3.44. The van der Waals surface area contributed by atoms with Gasteiger partial charge in [-0.2, -0.15) is 8.42 Å². The minimum absolute atomic E-state index is 0. The van der Waals surface area contributed by atoms with Crippen molar-refractivity contribution in [3.05, 3.63) is 76.9 Å². The first kappa shape index (κ1) is 23.0. The molecule has 0 saturated heterocycles. The molecule has 8 nitrogen and oxygen atoms in total. The Labute approximate surface area is 200 Å². The molecule has 0 saturated carbocycles. The van der Waals surface area contributed by atoms with E-state index in [1.54, 1.807) is 36.4 Å². The van der Waals surface area contributed by atoms with Gasteiger partial charge in [0.15, 0.2) is 11.6 Å². The van der Waals surface area contributed by atoms with Gasteiger partial charge in [-0.1, -0.05) is 24.3 Å². The molecule has 31 heavy (non-hydrogen) atoms. The average Bonchev–Trinajstić information content (AvgIpc) is 2.72. The molecule has 0 unspecified atom stereocenters. The molecule has 0 atom stereocenters. The number of nitrogens with two attached hydrogens (primary N) is 1. The summed E-state index contributed by atoms with van der Waals surface area (Å²) < 4.78 is 38.5. The second-order valence-corrected chi connectivity index (χ2v) is 8.01. The van der Waals surface area contributed by atoms with E-state index in [4.69, 9.17) is 10.5 Å². The number of nitrogens with one attached hydrogen (secondary N) is 1. The first-order valence-electron chi connectivity index (χ1n) is 8.76. The van der Waals surface area contributed by atoms with Crippen LogP contribution in [0.15, 0.2) is 59.5 Å². The molecular formula is C21H17N2NaO6S. The van der Waals surface area contributed by atoms with Crippen LogP contribution in [-0.4, -0.2) is 61.2 Å². The van der Waals surface area contributed by atoms with Crippen LogP contribution in [-0.2, 0) is 10.1 Å². The van der Waals surface area contributed by atoms with E-state index in [9.17, 15) is 22.6 Å². The number of hydrogen-bond acceptors (Lipinski definition) is 7. The van der Waals surface area contributed by atoms with Gasteiger partial charge >= 0.3 is 29.6 Å². The molecule has 0 radical (unpaired) electrons. The Bertz CT molecular complexity index is 1320. The summed E-state index contributed by atoms with van der Waals surface area (Å²) in [5, 5.41) is 2.95. The van der Waals surface area contributed by atoms with Crippen molar-refractivity contribution in [3.63, 3.8) is 0 Å². The molecule has 10 heteroatoms. The normalized spacial score (nSPS) is 12.5. The summed E-state index contributed by atoms with van der Waals surface area (Å²) >= 11 is 0. The molecule has 3 aromatic carbocycles. The van der Waals surface area contributed by atoms with Gasteiger partial charge in [0, 0.05) is 16.8 Å². The Balaban J connectivity index is 0.00000272. The zero-order valence-corrected chi connectivity index (χ0v) is 16.5. The molecule has 3 aromatic rings. The minimum atomic E-state index is -4.76. The average molecular weight is 448 g/mol. The van der Waals surface area contributed by atoms with Crippen LogP contribution in [0.25, 0.3) is 0 Å². The Morgan fingerprint density at radius 3 is 2.00 bits per heavy atom. The van der Waals surface area contributed by atoms with Crippen molar-refractivity contribution in [2.24, 2.45) is 0 Å². The van der Waals surface area contributed by atoms with Crippen molar-refractivity contribution in [2.45, 2.75) is 4.90 Å². The first-order valence-corrected chi connectivity index (χ1v) is 10.2. The molecule has 0 bridgehead atoms. The molecule has 0 spiro atoms. The van der Waals surface area contributed by atoms with Gasteiger partial charge in [0.05, 0.1) is 29.6 Å². The molecule has 0 aromatic heterocycles. The summed E-state index contributed by atoms with van der Waals surface area (Å²) in [5.74, 6) is -0.482. The van der Waals surface area contributed by atoms with Crippen molar-refractivity contribution in [3.8, 4) is 5.75 Å². The van der Waals surface area contributed by atoms with E-state index in [1.165, 1.54) is 19.2 Å². The van der Waals surface area contributed by atoms with Crippen LogP contribution in [0.4, 0.5) is 17.1 Å². The zero-order valence-electron chi connectivity index (χ0n) is 15.7. The number of fused-ring (bicyclic) bond motifs is 2. The summed E-state index contributed by atoms with van der Waals surface area (Å²) in [4.78, 5) is 25.6. The summed E-state index contributed by atoms with van der Waals surface area (Å²) in [6, 6.07) is 13.9. The molecule has 1 aliphatic rings. The SMILES string of the molecule is COc1ccc(Nc2cc(S(=O)(=O)O)c(N)c3c2C(=O)c2ccccc2C3=O)cc1.[NaH]. The third-order valence-electron chi connectivity index (χ3n) is 4.85. The van der Waals surface area contributed by atoms with E-state index < -0.39 is 32.3 Å². The predicted octanol–water partition coefficient (Wildman–Crippen LogP) is 2.39. The van der Waals surface area contributed by atoms with Crippen molar-refractivity contribution in [1.82, 2.24) is 0 Å². The van der Waals surface area contributed by atoms with Crippen LogP contribution in [0.3, 0.4) is 0 Å². The molecular weight excluding hydrogens is 431 g/mol. The van der Waals surface area contributed by atoms with Crippen molar-refractivity contribution in [2.75, 3.05) is 18.2 Å². The molecule has 4 rings (SSSR count). The standard InChI is InChI=1S/C21H16N2O6S.Na.H/c1-29-12-8-6-11(7-9-12)23-15-10-16(30(26,27)28)19(22)18-17(15)20(24)13-4-2-3-5-14(13)21(18)25;;/h2-10,23H,22H2,1H3,(H,26,27,28);;. The zero-order chi connectivity index (χ0) is 21.6. The number of nitrogen functional groups attached to an aromatic ring is 1. The van der Waals surface area contributed by atoms with Crippen LogP contribution >= 0.6 is 0 Å². The maximum absolute atomic E-state index is 13.2. The number of methoxy groups -OCH3 is 1. The number of anilines is 3. The van der Waals surface area contributed by atoms with E-state index in [0.717, 1.165) is 6.07 Å². The summed E-state index contributed by atoms with van der Waals surface area (Å²) in [7, 11) is -3.25. The number of benzene rings is 3. The Morgan fingerprint density at radius 2 is 1.48 bits per heavy atom. The predicted molar refractivity (Wildman–Crippen MR) is 117 cm³/mol. The van der Waals surface area contributed by atoms with E-state index in [-0.39, 0.29) is 57.5 Å². The number of carbonyl (C=O) groups is 2. The van der Waals surface area contributed by atoms with Crippen LogP contribution in [0.5, 0.6) is 5.75 Å². The monoisotopic (exact) mass is 448 g/mol. The fraction of sp³-hybridized carbons (Fsp3) is 0.0476. The number of hydrogen-bond donors (Lipinski definition) is 3. The number of rotatable bonds is 4. The molecule has 0 heterocycles. The Morgan fingerprint density at radius 1 is 0.935 bits per heavy atom. The molecule has 0 amide bonds. The van der Waals surface area contributed by atoms with Gasteiger partial charge in [-0.3, -0.25) is 14.1 Å². The van der Waals surface area contributed by atoms with Gasteiger partial charge in [-0.15, -0.1) is 0 Å². The van der Waals surface area contributed by atoms with Gasteiger partial charge < -0.3 is 15.8 Å². The van der Waals surface area contributed by atoms with Crippen LogP contribution in [0, 0.1) is 0 Å². The summed E-state index contributed by atoms with van der Waals surface area (Å²) in [6.07, 6.45) is 0. The molecule has 0 aliphatic heterocycles. The molecule has 0 fully saturated rings. The summed E-state index contributed by atoms with van der Waals surface area (Å²) in [6.45, 7) is 0. The molecule has 4 N–H and O–H groups in total. The second-order valence-electron chi connectivity index (χ2n) is 6.62. The molecule has 1 aliphatic carbocycles. The third-order valence-corrected chi connectivity index (χ3v) is 5.74. The first-order chi connectivity index (χ1) is 14.2. The van der Waals surface area contributed by atoms with Gasteiger partial charge in [0.1, 0.15) is 10.6 Å². The van der Waals surface area contributed by atoms with Crippen LogP contribution < -0.4 is 15.8 Å². The van der Waals surface area contributed by atoms with Gasteiger partial charge in [0.25, 0.3) is 10.1 Å². The number of ether oxygens (including phenoxy) is 1. The van der Waals surface area contributed by atoms with Crippen molar-refractivity contribution in [1.29, 1.82) is 0 Å². The van der Waals surface area contributed by atoms with E-state index >= 15 is 0 Å². The van der Waals surface area contributed by atoms with Gasteiger partial charge in [0.2, 0.25) is 0 Å². The quantitative estimate of drug-likeness (QED) is 0.246. The topological polar surface area (TPSA) is 136 Å². The van der Waals surface area contributed by atoms with Crippen LogP contribution in [0.2, 0.25) is 0 Å². The maximum atomic E-state index is 13.2. The second kappa shape index (κ2) is 8.45. The number of carbonyl (C=O) groups excluding carboxylic acids is 2. The summed E-state index contributed by atoms with van der Waals surface area (Å²) in [5.41, 5.74) is 5.99. The van der Waals surface area contributed by atoms with Gasteiger partial charge in [-0.25, -0.2) is 0 Å². The number of ketones is 2. The van der Waals surface area contributed by atoms with Gasteiger partial charge in [-0.05, 0) is 30.3 Å². The van der Waals surface area contributed by atoms with E-state index in [1.807, 2.05) is 0 Å². The van der Waals surface area contributed by atoms with Crippen molar-refractivity contribution >= 4 is 68.3 Å². The fourth-order valence-corrected chi connectivity index (χ4v) is 4.08. The molecule has 154 valence electrons. The Hall–Kier alpha value is -2.69. The van der Waals surface area contributed by atoms with Crippen LogP contribution in [0.1, 0.15) is 31.8 Å². The van der Waals surface area contributed by atoms with Crippen molar-refractivity contribution < 1.29 is 27.3 Å². The van der Waals surface area contributed by atoms with E-state index in [2.05, 4.69) is 5.32 Å². The van der Waals surface area contributed by atoms with E-state index in [0.29, 0.717) is 11.4 Å².